The SMILES string of the molecule is Cc1sc2nc(-c3ccccn3)nc(NCCc3ccccc3)c2c1Cl. The third-order valence-corrected chi connectivity index (χ3v) is 5.68. The molecule has 0 amide bonds. The van der Waals surface area contributed by atoms with Crippen molar-refractivity contribution in [3.8, 4) is 11.5 Å². The summed E-state index contributed by atoms with van der Waals surface area (Å²) in [6.07, 6.45) is 2.66. The predicted molar refractivity (Wildman–Crippen MR) is 109 cm³/mol. The molecule has 4 rings (SSSR count). The molecule has 0 atom stereocenters. The fourth-order valence-electron chi connectivity index (χ4n) is 2.79. The van der Waals surface area contributed by atoms with Crippen LogP contribution in [0.15, 0.2) is 54.7 Å². The van der Waals surface area contributed by atoms with E-state index < -0.39 is 0 Å². The lowest BCUT2D eigenvalue weighted by atomic mass is 10.1. The maximum Gasteiger partial charge on any atom is 0.181 e. The molecule has 0 unspecified atom stereocenters. The Kier molecular flexibility index (Phi) is 4.82. The second-order valence-electron chi connectivity index (χ2n) is 5.93. The van der Waals surface area contributed by atoms with Gasteiger partial charge >= 0.3 is 0 Å². The molecule has 0 aliphatic rings. The maximum absolute atomic E-state index is 6.52. The van der Waals surface area contributed by atoms with Crippen LogP contribution in [0.4, 0.5) is 5.82 Å². The molecule has 0 aliphatic carbocycles. The minimum atomic E-state index is 0.609. The summed E-state index contributed by atoms with van der Waals surface area (Å²) < 4.78 is 0. The third-order valence-electron chi connectivity index (χ3n) is 4.10. The normalized spacial score (nSPS) is 11.0. The first kappa shape index (κ1) is 16.9. The lowest BCUT2D eigenvalue weighted by molar-refractivity contribution is 1.01. The summed E-state index contributed by atoms with van der Waals surface area (Å²) in [5.74, 6) is 1.37. The van der Waals surface area contributed by atoms with Crippen LogP contribution >= 0.6 is 22.9 Å². The average Bonchev–Trinajstić information content (AvgIpc) is 2.97. The number of fused-ring (bicyclic) bond motifs is 1. The van der Waals surface area contributed by atoms with Crippen LogP contribution in [0.2, 0.25) is 5.02 Å². The lowest BCUT2D eigenvalue weighted by Gasteiger charge is -2.09. The number of benzene rings is 1. The summed E-state index contributed by atoms with van der Waals surface area (Å²) in [4.78, 5) is 15.7. The molecule has 3 heterocycles. The van der Waals surface area contributed by atoms with Gasteiger partial charge in [0.2, 0.25) is 0 Å². The molecule has 0 aliphatic heterocycles. The highest BCUT2D eigenvalue weighted by molar-refractivity contribution is 7.19. The van der Waals surface area contributed by atoms with Gasteiger partial charge in [0.1, 0.15) is 16.3 Å². The van der Waals surface area contributed by atoms with Crippen molar-refractivity contribution in [3.05, 3.63) is 70.2 Å². The Morgan fingerprint density at radius 2 is 1.85 bits per heavy atom. The van der Waals surface area contributed by atoms with E-state index in [1.807, 2.05) is 31.2 Å². The van der Waals surface area contributed by atoms with Crippen LogP contribution in [0, 0.1) is 6.92 Å². The number of aromatic nitrogens is 3. The minimum absolute atomic E-state index is 0.609. The van der Waals surface area contributed by atoms with Gasteiger partial charge in [-0.3, -0.25) is 4.98 Å². The number of nitrogens with zero attached hydrogens (tertiary/aromatic N) is 3. The third kappa shape index (κ3) is 3.41. The van der Waals surface area contributed by atoms with Crippen LogP contribution in [0.3, 0.4) is 0 Å². The molecule has 0 bridgehead atoms. The predicted octanol–water partition coefficient (Wildman–Crippen LogP) is 5.37. The van der Waals surface area contributed by atoms with E-state index in [1.54, 1.807) is 17.5 Å². The molecule has 0 saturated carbocycles. The Labute approximate surface area is 160 Å². The second kappa shape index (κ2) is 7.40. The highest BCUT2D eigenvalue weighted by Gasteiger charge is 2.17. The Morgan fingerprint density at radius 3 is 2.62 bits per heavy atom. The van der Waals surface area contributed by atoms with Crippen LogP contribution in [-0.2, 0) is 6.42 Å². The van der Waals surface area contributed by atoms with Crippen molar-refractivity contribution in [3.63, 3.8) is 0 Å². The first-order valence-corrected chi connectivity index (χ1v) is 9.57. The fourth-order valence-corrected chi connectivity index (χ4v) is 4.05. The molecule has 6 heteroatoms. The van der Waals surface area contributed by atoms with Crippen molar-refractivity contribution in [1.29, 1.82) is 0 Å². The highest BCUT2D eigenvalue weighted by atomic mass is 35.5. The number of nitrogens with one attached hydrogen (secondary N) is 1. The molecule has 1 aromatic carbocycles. The van der Waals surface area contributed by atoms with E-state index in [0.717, 1.165) is 44.6 Å². The molecule has 4 nitrogen and oxygen atoms in total. The Balaban J connectivity index is 1.69. The van der Waals surface area contributed by atoms with Crippen molar-refractivity contribution < 1.29 is 0 Å². The first-order chi connectivity index (χ1) is 12.7. The minimum Gasteiger partial charge on any atom is -0.369 e. The van der Waals surface area contributed by atoms with Gasteiger partial charge in [0.25, 0.3) is 0 Å². The smallest absolute Gasteiger partial charge is 0.181 e. The molecular formula is C20H17ClN4S. The van der Waals surface area contributed by atoms with E-state index in [1.165, 1.54) is 5.56 Å². The number of aryl methyl sites for hydroxylation is 1. The standard InChI is InChI=1S/C20H17ClN4S/c1-13-17(21)16-19(23-12-10-14-7-3-2-4-8-14)24-18(25-20(16)26-13)15-9-5-6-11-22-15/h2-9,11H,10,12H2,1H3,(H,23,24,25). The molecule has 3 aromatic heterocycles. The summed E-state index contributed by atoms with van der Waals surface area (Å²) in [5, 5.41) is 5.06. The zero-order valence-electron chi connectivity index (χ0n) is 14.2. The number of anilines is 1. The van der Waals surface area contributed by atoms with Crippen molar-refractivity contribution >= 4 is 39.0 Å². The average molecular weight is 381 g/mol. The van der Waals surface area contributed by atoms with Gasteiger partial charge in [-0.1, -0.05) is 48.0 Å². The van der Waals surface area contributed by atoms with E-state index in [-0.39, 0.29) is 0 Å². The number of halogens is 1. The molecule has 26 heavy (non-hydrogen) atoms. The molecular weight excluding hydrogens is 364 g/mol. The largest absolute Gasteiger partial charge is 0.369 e. The fraction of sp³-hybridized carbons (Fsp3) is 0.150. The van der Waals surface area contributed by atoms with Crippen LogP contribution < -0.4 is 5.32 Å². The van der Waals surface area contributed by atoms with E-state index in [0.29, 0.717) is 5.82 Å². The van der Waals surface area contributed by atoms with Gasteiger partial charge in [-0.2, -0.15) is 0 Å². The van der Waals surface area contributed by atoms with E-state index in [4.69, 9.17) is 16.6 Å². The topological polar surface area (TPSA) is 50.7 Å². The van der Waals surface area contributed by atoms with Gasteiger partial charge in [0, 0.05) is 17.6 Å². The van der Waals surface area contributed by atoms with Crippen LogP contribution in [0.25, 0.3) is 21.7 Å². The second-order valence-corrected chi connectivity index (χ2v) is 7.51. The summed E-state index contributed by atoms with van der Waals surface area (Å²) in [5.41, 5.74) is 2.03. The van der Waals surface area contributed by atoms with Gasteiger partial charge in [0.15, 0.2) is 5.82 Å². The molecule has 0 saturated heterocycles. The quantitative estimate of drug-likeness (QED) is 0.505. The lowest BCUT2D eigenvalue weighted by Crippen LogP contribution is -2.08. The Morgan fingerprint density at radius 1 is 1.04 bits per heavy atom. The molecule has 4 aromatic rings. The number of rotatable bonds is 5. The van der Waals surface area contributed by atoms with Crippen molar-refractivity contribution in [2.75, 3.05) is 11.9 Å². The van der Waals surface area contributed by atoms with Crippen molar-refractivity contribution in [2.24, 2.45) is 0 Å². The number of pyridine rings is 1. The molecule has 130 valence electrons. The van der Waals surface area contributed by atoms with Gasteiger partial charge in [-0.25, -0.2) is 9.97 Å². The summed E-state index contributed by atoms with van der Waals surface area (Å²) in [6.45, 7) is 2.77. The summed E-state index contributed by atoms with van der Waals surface area (Å²) in [7, 11) is 0. The van der Waals surface area contributed by atoms with Gasteiger partial charge in [-0.05, 0) is 31.0 Å². The monoisotopic (exact) mass is 380 g/mol. The van der Waals surface area contributed by atoms with Gasteiger partial charge in [0.05, 0.1) is 10.4 Å². The van der Waals surface area contributed by atoms with Gasteiger partial charge in [-0.15, -0.1) is 11.3 Å². The van der Waals surface area contributed by atoms with E-state index in [9.17, 15) is 0 Å². The van der Waals surface area contributed by atoms with E-state index >= 15 is 0 Å². The highest BCUT2D eigenvalue weighted by Crippen LogP contribution is 2.38. The first-order valence-electron chi connectivity index (χ1n) is 8.38. The molecule has 0 spiro atoms. The zero-order chi connectivity index (χ0) is 17.9. The van der Waals surface area contributed by atoms with Crippen molar-refractivity contribution in [2.45, 2.75) is 13.3 Å². The van der Waals surface area contributed by atoms with E-state index in [2.05, 4.69) is 39.6 Å². The zero-order valence-corrected chi connectivity index (χ0v) is 15.8. The molecule has 1 N–H and O–H groups in total. The number of thiophene rings is 1. The Hall–Kier alpha value is -2.50. The maximum atomic E-state index is 6.52. The van der Waals surface area contributed by atoms with Crippen LogP contribution in [0.1, 0.15) is 10.4 Å². The number of hydrogen-bond donors (Lipinski definition) is 1. The van der Waals surface area contributed by atoms with Crippen molar-refractivity contribution in [1.82, 2.24) is 15.0 Å². The number of hydrogen-bond acceptors (Lipinski definition) is 5. The van der Waals surface area contributed by atoms with Crippen LogP contribution in [0.5, 0.6) is 0 Å². The van der Waals surface area contributed by atoms with Crippen LogP contribution in [-0.4, -0.2) is 21.5 Å². The van der Waals surface area contributed by atoms with Gasteiger partial charge < -0.3 is 5.32 Å². The summed E-state index contributed by atoms with van der Waals surface area (Å²) in [6, 6.07) is 16.1. The molecule has 0 fully saturated rings. The Bertz CT molecular complexity index is 1030. The molecule has 0 radical (unpaired) electrons. The summed E-state index contributed by atoms with van der Waals surface area (Å²) >= 11 is 8.10.